The molecule has 1 saturated heterocycles. The van der Waals surface area contributed by atoms with Crippen LogP contribution < -0.4 is 4.90 Å². The number of nitrogens with zero attached hydrogens (tertiary/aromatic N) is 2. The lowest BCUT2D eigenvalue weighted by Gasteiger charge is -2.36. The number of aliphatic carboxylic acids is 1. The summed E-state index contributed by atoms with van der Waals surface area (Å²) in [5.41, 5.74) is 2.59. The predicted octanol–water partition coefficient (Wildman–Crippen LogP) is 4.38. The summed E-state index contributed by atoms with van der Waals surface area (Å²) in [6, 6.07) is 21.6. The summed E-state index contributed by atoms with van der Waals surface area (Å²) >= 11 is 0. The average Bonchev–Trinajstić information content (AvgIpc) is 2.79. The van der Waals surface area contributed by atoms with Crippen molar-refractivity contribution in [1.29, 1.82) is 0 Å². The zero-order valence-electron chi connectivity index (χ0n) is 17.1. The quantitative estimate of drug-likeness (QED) is 0.688. The van der Waals surface area contributed by atoms with Gasteiger partial charge in [0.25, 0.3) is 5.91 Å². The minimum Gasteiger partial charge on any atom is -0.481 e. The van der Waals surface area contributed by atoms with E-state index in [9.17, 15) is 14.7 Å². The standard InChI is InChI=1S/C25H26N2O3/c1-2-21(25(29)30)19-9-5-10-20(17-19)26-13-15-27(16-14-26)24(28)23-12-6-8-18-7-3-4-11-22(18)23/h3-12,17,21H,2,13-16H2,1H3,(H,29,30). The summed E-state index contributed by atoms with van der Waals surface area (Å²) < 4.78 is 0. The van der Waals surface area contributed by atoms with Gasteiger partial charge in [0.2, 0.25) is 0 Å². The van der Waals surface area contributed by atoms with Gasteiger partial charge in [-0.25, -0.2) is 0 Å². The molecule has 1 atom stereocenters. The second-order valence-electron chi connectivity index (χ2n) is 7.70. The molecule has 5 nitrogen and oxygen atoms in total. The fourth-order valence-electron chi connectivity index (χ4n) is 4.24. The maximum absolute atomic E-state index is 13.2. The Bertz CT molecular complexity index is 1070. The summed E-state index contributed by atoms with van der Waals surface area (Å²) in [6.07, 6.45) is 0.562. The second-order valence-corrected chi connectivity index (χ2v) is 7.70. The summed E-state index contributed by atoms with van der Waals surface area (Å²) in [7, 11) is 0. The Morgan fingerprint density at radius 2 is 1.63 bits per heavy atom. The minimum atomic E-state index is -0.792. The number of fused-ring (bicyclic) bond motifs is 1. The summed E-state index contributed by atoms with van der Waals surface area (Å²) in [4.78, 5) is 28.8. The Labute approximate surface area is 176 Å². The molecule has 5 heteroatoms. The van der Waals surface area contributed by atoms with Crippen molar-refractivity contribution in [3.05, 3.63) is 77.9 Å². The van der Waals surface area contributed by atoms with E-state index in [0.717, 1.165) is 40.7 Å². The van der Waals surface area contributed by atoms with Gasteiger partial charge >= 0.3 is 5.97 Å². The molecule has 1 unspecified atom stereocenters. The first kappa shape index (κ1) is 20.0. The Hall–Kier alpha value is -3.34. The molecule has 4 rings (SSSR count). The highest BCUT2D eigenvalue weighted by Crippen LogP contribution is 2.26. The third kappa shape index (κ3) is 3.88. The third-order valence-electron chi connectivity index (χ3n) is 5.93. The molecule has 0 saturated carbocycles. The monoisotopic (exact) mass is 402 g/mol. The average molecular weight is 402 g/mol. The molecule has 1 fully saturated rings. The smallest absolute Gasteiger partial charge is 0.310 e. The summed E-state index contributed by atoms with van der Waals surface area (Å²) in [6.45, 7) is 4.63. The van der Waals surface area contributed by atoms with E-state index in [1.807, 2.05) is 78.6 Å². The van der Waals surface area contributed by atoms with E-state index >= 15 is 0 Å². The van der Waals surface area contributed by atoms with Crippen molar-refractivity contribution in [1.82, 2.24) is 4.90 Å². The number of piperazine rings is 1. The number of amides is 1. The maximum atomic E-state index is 13.2. The van der Waals surface area contributed by atoms with Gasteiger partial charge in [0, 0.05) is 37.4 Å². The zero-order chi connectivity index (χ0) is 21.1. The lowest BCUT2D eigenvalue weighted by atomic mass is 9.96. The first-order valence-electron chi connectivity index (χ1n) is 10.4. The van der Waals surface area contributed by atoms with Crippen LogP contribution in [0.3, 0.4) is 0 Å². The van der Waals surface area contributed by atoms with Crippen LogP contribution in [0.1, 0.15) is 35.2 Å². The Morgan fingerprint density at radius 3 is 2.37 bits per heavy atom. The van der Waals surface area contributed by atoms with E-state index in [-0.39, 0.29) is 5.91 Å². The number of anilines is 1. The van der Waals surface area contributed by atoms with Gasteiger partial charge in [0.15, 0.2) is 0 Å². The van der Waals surface area contributed by atoms with E-state index < -0.39 is 11.9 Å². The van der Waals surface area contributed by atoms with Crippen LogP contribution in [-0.2, 0) is 4.79 Å². The van der Waals surface area contributed by atoms with E-state index in [0.29, 0.717) is 19.5 Å². The highest BCUT2D eigenvalue weighted by Gasteiger charge is 2.24. The molecule has 1 N–H and O–H groups in total. The number of hydrogen-bond donors (Lipinski definition) is 1. The van der Waals surface area contributed by atoms with E-state index in [2.05, 4.69) is 4.90 Å². The van der Waals surface area contributed by atoms with Crippen LogP contribution in [0.2, 0.25) is 0 Å². The Balaban J connectivity index is 1.48. The molecule has 1 aliphatic heterocycles. The molecule has 0 aromatic heterocycles. The number of rotatable bonds is 5. The van der Waals surface area contributed by atoms with Crippen molar-refractivity contribution < 1.29 is 14.7 Å². The number of carbonyl (C=O) groups is 2. The minimum absolute atomic E-state index is 0.0668. The molecule has 30 heavy (non-hydrogen) atoms. The van der Waals surface area contributed by atoms with Gasteiger partial charge in [-0.2, -0.15) is 0 Å². The van der Waals surface area contributed by atoms with Crippen molar-refractivity contribution in [2.75, 3.05) is 31.1 Å². The molecular formula is C25H26N2O3. The third-order valence-corrected chi connectivity index (χ3v) is 5.93. The SMILES string of the molecule is CCC(C(=O)O)c1cccc(N2CCN(C(=O)c3cccc4ccccc34)CC2)c1. The van der Waals surface area contributed by atoms with Crippen molar-refractivity contribution in [2.24, 2.45) is 0 Å². The van der Waals surface area contributed by atoms with Gasteiger partial charge < -0.3 is 14.9 Å². The van der Waals surface area contributed by atoms with Crippen LogP contribution in [0.5, 0.6) is 0 Å². The van der Waals surface area contributed by atoms with Crippen LogP contribution in [0.4, 0.5) is 5.69 Å². The van der Waals surface area contributed by atoms with E-state index in [1.54, 1.807) is 0 Å². The highest BCUT2D eigenvalue weighted by atomic mass is 16.4. The van der Waals surface area contributed by atoms with Gasteiger partial charge in [-0.05, 0) is 41.0 Å². The number of carbonyl (C=O) groups excluding carboxylic acids is 1. The van der Waals surface area contributed by atoms with Crippen LogP contribution in [0.15, 0.2) is 66.7 Å². The van der Waals surface area contributed by atoms with Gasteiger partial charge in [-0.3, -0.25) is 9.59 Å². The molecule has 1 amide bonds. The topological polar surface area (TPSA) is 60.9 Å². The number of carboxylic acid groups (broad SMARTS) is 1. The maximum Gasteiger partial charge on any atom is 0.310 e. The number of hydrogen-bond acceptors (Lipinski definition) is 3. The molecule has 0 radical (unpaired) electrons. The molecule has 0 spiro atoms. The van der Waals surface area contributed by atoms with Crippen molar-refractivity contribution in [2.45, 2.75) is 19.3 Å². The lowest BCUT2D eigenvalue weighted by molar-refractivity contribution is -0.138. The predicted molar refractivity (Wildman–Crippen MR) is 119 cm³/mol. The first-order chi connectivity index (χ1) is 14.6. The number of carboxylic acids is 1. The Kier molecular flexibility index (Phi) is 5.70. The van der Waals surface area contributed by atoms with Crippen molar-refractivity contribution in [3.63, 3.8) is 0 Å². The van der Waals surface area contributed by atoms with Gasteiger partial charge in [0.05, 0.1) is 5.92 Å². The lowest BCUT2D eigenvalue weighted by Crippen LogP contribution is -2.48. The Morgan fingerprint density at radius 1 is 0.933 bits per heavy atom. The van der Waals surface area contributed by atoms with Crippen LogP contribution in [0.25, 0.3) is 10.8 Å². The van der Waals surface area contributed by atoms with E-state index in [1.165, 1.54) is 0 Å². The molecule has 1 heterocycles. The number of benzene rings is 3. The van der Waals surface area contributed by atoms with Crippen LogP contribution in [0, 0.1) is 0 Å². The van der Waals surface area contributed by atoms with Crippen molar-refractivity contribution in [3.8, 4) is 0 Å². The molecule has 154 valence electrons. The molecule has 3 aromatic rings. The van der Waals surface area contributed by atoms with E-state index in [4.69, 9.17) is 0 Å². The van der Waals surface area contributed by atoms with Crippen LogP contribution in [-0.4, -0.2) is 48.1 Å². The molecular weight excluding hydrogens is 376 g/mol. The first-order valence-corrected chi connectivity index (χ1v) is 10.4. The molecule has 3 aromatic carbocycles. The van der Waals surface area contributed by atoms with Gasteiger partial charge in [0.1, 0.15) is 0 Å². The molecule has 0 bridgehead atoms. The van der Waals surface area contributed by atoms with Crippen molar-refractivity contribution >= 4 is 28.3 Å². The fourth-order valence-corrected chi connectivity index (χ4v) is 4.24. The van der Waals surface area contributed by atoms with Gasteiger partial charge in [-0.1, -0.05) is 55.5 Å². The fraction of sp³-hybridized carbons (Fsp3) is 0.280. The normalized spacial score (nSPS) is 15.2. The van der Waals surface area contributed by atoms with Gasteiger partial charge in [-0.15, -0.1) is 0 Å². The zero-order valence-corrected chi connectivity index (χ0v) is 17.1. The largest absolute Gasteiger partial charge is 0.481 e. The summed E-state index contributed by atoms with van der Waals surface area (Å²) in [5, 5.41) is 11.5. The van der Waals surface area contributed by atoms with Crippen LogP contribution >= 0.6 is 0 Å². The molecule has 0 aliphatic carbocycles. The second kappa shape index (κ2) is 8.57. The summed E-state index contributed by atoms with van der Waals surface area (Å²) in [5.74, 6) is -1.21. The molecule has 1 aliphatic rings. The highest BCUT2D eigenvalue weighted by molar-refractivity contribution is 6.07.